The van der Waals surface area contributed by atoms with Crippen molar-refractivity contribution in [3.63, 3.8) is 0 Å². The summed E-state index contributed by atoms with van der Waals surface area (Å²) in [7, 11) is 0. The Morgan fingerprint density at radius 3 is 2.84 bits per heavy atom. The minimum Gasteiger partial charge on any atom is -0.271 e. The van der Waals surface area contributed by atoms with Crippen molar-refractivity contribution in [1.82, 2.24) is 10.4 Å². The Kier molecular flexibility index (Phi) is 4.11. The zero-order chi connectivity index (χ0) is 13.1. The number of nitrogens with two attached hydrogens (primary N) is 1. The van der Waals surface area contributed by atoms with E-state index in [1.165, 1.54) is 41.8 Å². The van der Waals surface area contributed by atoms with E-state index >= 15 is 0 Å². The maximum absolute atomic E-state index is 5.72. The predicted molar refractivity (Wildman–Crippen MR) is 81.0 cm³/mol. The van der Waals surface area contributed by atoms with Gasteiger partial charge in [0.15, 0.2) is 0 Å². The molecule has 1 saturated carbocycles. The van der Waals surface area contributed by atoms with Gasteiger partial charge in [-0.15, -0.1) is 11.3 Å². The fraction of sp³-hybridized carbons (Fsp3) is 0.533. The first-order valence-corrected chi connectivity index (χ1v) is 7.97. The van der Waals surface area contributed by atoms with Crippen LogP contribution >= 0.6 is 11.3 Å². The van der Waals surface area contributed by atoms with Gasteiger partial charge in [-0.3, -0.25) is 11.3 Å². The summed E-state index contributed by atoms with van der Waals surface area (Å²) >= 11 is 1.79. The van der Waals surface area contributed by atoms with Crippen LogP contribution in [0.3, 0.4) is 0 Å². The molecule has 1 aliphatic rings. The lowest BCUT2D eigenvalue weighted by Gasteiger charge is -2.18. The Bertz CT molecular complexity index is 498. The van der Waals surface area contributed by atoms with Gasteiger partial charge in [0.1, 0.15) is 0 Å². The number of thiazole rings is 1. The number of hydrogen-bond acceptors (Lipinski definition) is 4. The second-order valence-electron chi connectivity index (χ2n) is 5.53. The summed E-state index contributed by atoms with van der Waals surface area (Å²) in [6.07, 6.45) is 7.67. The number of fused-ring (bicyclic) bond motifs is 1. The standard InChI is InChI=1S/C15H21N3S/c16-18-12(9-11-5-1-2-6-11)10-15-17-13-7-3-4-8-14(13)19-15/h3-4,7-8,11-12,18H,1-2,5-6,9-10,16H2. The molecule has 0 amide bonds. The van der Waals surface area contributed by atoms with Crippen LogP contribution in [0.2, 0.25) is 0 Å². The Morgan fingerprint density at radius 1 is 1.32 bits per heavy atom. The summed E-state index contributed by atoms with van der Waals surface area (Å²) in [5, 5.41) is 1.20. The highest BCUT2D eigenvalue weighted by Gasteiger charge is 2.20. The van der Waals surface area contributed by atoms with Crippen LogP contribution in [0.25, 0.3) is 10.2 Å². The smallest absolute Gasteiger partial charge is 0.0954 e. The summed E-state index contributed by atoms with van der Waals surface area (Å²) < 4.78 is 1.27. The van der Waals surface area contributed by atoms with Crippen LogP contribution in [0.15, 0.2) is 24.3 Å². The number of aromatic nitrogens is 1. The molecule has 1 unspecified atom stereocenters. The van der Waals surface area contributed by atoms with Gasteiger partial charge in [-0.1, -0.05) is 37.8 Å². The molecule has 1 heterocycles. The number of hydrazine groups is 1. The van der Waals surface area contributed by atoms with Crippen LogP contribution in [-0.4, -0.2) is 11.0 Å². The number of hydrogen-bond donors (Lipinski definition) is 2. The van der Waals surface area contributed by atoms with E-state index in [1.54, 1.807) is 11.3 Å². The Balaban J connectivity index is 1.67. The van der Waals surface area contributed by atoms with Crippen molar-refractivity contribution < 1.29 is 0 Å². The van der Waals surface area contributed by atoms with Gasteiger partial charge >= 0.3 is 0 Å². The topological polar surface area (TPSA) is 50.9 Å². The van der Waals surface area contributed by atoms with E-state index in [0.717, 1.165) is 17.9 Å². The fourth-order valence-electron chi connectivity index (χ4n) is 3.08. The van der Waals surface area contributed by atoms with Gasteiger partial charge < -0.3 is 0 Å². The van der Waals surface area contributed by atoms with Gasteiger partial charge in [0.2, 0.25) is 0 Å². The second kappa shape index (κ2) is 5.99. The molecule has 3 nitrogen and oxygen atoms in total. The summed E-state index contributed by atoms with van der Waals surface area (Å²) in [6, 6.07) is 8.70. The minimum atomic E-state index is 0.365. The molecule has 0 spiro atoms. The fourth-order valence-corrected chi connectivity index (χ4v) is 4.12. The lowest BCUT2D eigenvalue weighted by molar-refractivity contribution is 0.389. The number of nitrogens with one attached hydrogen (secondary N) is 1. The van der Waals surface area contributed by atoms with Gasteiger partial charge in [0, 0.05) is 12.5 Å². The molecular weight excluding hydrogens is 254 g/mol. The summed E-state index contributed by atoms with van der Waals surface area (Å²) in [6.45, 7) is 0. The molecule has 19 heavy (non-hydrogen) atoms. The van der Waals surface area contributed by atoms with Crippen molar-refractivity contribution in [3.05, 3.63) is 29.3 Å². The highest BCUT2D eigenvalue weighted by Crippen LogP contribution is 2.30. The van der Waals surface area contributed by atoms with E-state index in [1.807, 2.05) is 6.07 Å². The van der Waals surface area contributed by atoms with Crippen LogP contribution < -0.4 is 11.3 Å². The van der Waals surface area contributed by atoms with Crippen molar-refractivity contribution >= 4 is 21.6 Å². The third-order valence-electron chi connectivity index (χ3n) is 4.09. The van der Waals surface area contributed by atoms with Gasteiger partial charge in [-0.2, -0.15) is 0 Å². The summed E-state index contributed by atoms with van der Waals surface area (Å²) in [4.78, 5) is 4.70. The van der Waals surface area contributed by atoms with Crippen molar-refractivity contribution in [2.75, 3.05) is 0 Å². The quantitative estimate of drug-likeness (QED) is 0.650. The second-order valence-corrected chi connectivity index (χ2v) is 6.64. The summed E-state index contributed by atoms with van der Waals surface area (Å²) in [5.41, 5.74) is 4.10. The number of para-hydroxylation sites is 1. The molecule has 4 heteroatoms. The first-order chi connectivity index (χ1) is 9.35. The van der Waals surface area contributed by atoms with E-state index in [-0.39, 0.29) is 0 Å². The Hall–Kier alpha value is -0.970. The predicted octanol–water partition coefficient (Wildman–Crippen LogP) is 3.25. The normalized spacial score (nSPS) is 18.2. The zero-order valence-electron chi connectivity index (χ0n) is 11.1. The van der Waals surface area contributed by atoms with Crippen molar-refractivity contribution in [1.29, 1.82) is 0 Å². The van der Waals surface area contributed by atoms with Crippen molar-refractivity contribution in [3.8, 4) is 0 Å². The lowest BCUT2D eigenvalue weighted by atomic mass is 9.97. The highest BCUT2D eigenvalue weighted by molar-refractivity contribution is 7.18. The van der Waals surface area contributed by atoms with Crippen LogP contribution in [-0.2, 0) is 6.42 Å². The molecular formula is C15H21N3S. The molecule has 0 saturated heterocycles. The summed E-state index contributed by atoms with van der Waals surface area (Å²) in [5.74, 6) is 6.58. The molecule has 1 fully saturated rings. The van der Waals surface area contributed by atoms with E-state index < -0.39 is 0 Å². The minimum absolute atomic E-state index is 0.365. The van der Waals surface area contributed by atoms with E-state index in [0.29, 0.717) is 6.04 Å². The Morgan fingerprint density at radius 2 is 2.11 bits per heavy atom. The molecule has 1 atom stereocenters. The van der Waals surface area contributed by atoms with E-state index in [2.05, 4.69) is 23.6 Å². The van der Waals surface area contributed by atoms with Crippen LogP contribution in [0.5, 0.6) is 0 Å². The molecule has 0 bridgehead atoms. The molecule has 1 aromatic carbocycles. The average molecular weight is 275 g/mol. The molecule has 3 rings (SSSR count). The number of benzene rings is 1. The van der Waals surface area contributed by atoms with Crippen molar-refractivity contribution in [2.45, 2.75) is 44.6 Å². The molecule has 3 N–H and O–H groups in total. The lowest BCUT2D eigenvalue weighted by Crippen LogP contribution is -2.38. The molecule has 1 aliphatic carbocycles. The third-order valence-corrected chi connectivity index (χ3v) is 5.15. The molecule has 102 valence electrons. The van der Waals surface area contributed by atoms with Crippen LogP contribution in [0.4, 0.5) is 0 Å². The molecule has 2 aromatic rings. The average Bonchev–Trinajstić information content (AvgIpc) is 3.06. The van der Waals surface area contributed by atoms with Crippen LogP contribution in [0, 0.1) is 5.92 Å². The number of rotatable bonds is 5. The number of nitrogens with zero attached hydrogens (tertiary/aromatic N) is 1. The van der Waals surface area contributed by atoms with E-state index in [9.17, 15) is 0 Å². The zero-order valence-corrected chi connectivity index (χ0v) is 12.0. The van der Waals surface area contributed by atoms with Gasteiger partial charge in [0.25, 0.3) is 0 Å². The largest absolute Gasteiger partial charge is 0.271 e. The van der Waals surface area contributed by atoms with E-state index in [4.69, 9.17) is 10.8 Å². The molecule has 0 radical (unpaired) electrons. The Labute approximate surface area is 118 Å². The first kappa shape index (κ1) is 13.0. The van der Waals surface area contributed by atoms with Gasteiger partial charge in [-0.25, -0.2) is 4.98 Å². The van der Waals surface area contributed by atoms with Gasteiger partial charge in [-0.05, 0) is 24.5 Å². The monoisotopic (exact) mass is 275 g/mol. The highest BCUT2D eigenvalue weighted by atomic mass is 32.1. The maximum Gasteiger partial charge on any atom is 0.0954 e. The first-order valence-electron chi connectivity index (χ1n) is 7.15. The van der Waals surface area contributed by atoms with Gasteiger partial charge in [0.05, 0.1) is 15.2 Å². The molecule has 0 aliphatic heterocycles. The van der Waals surface area contributed by atoms with Crippen LogP contribution in [0.1, 0.15) is 37.1 Å². The maximum atomic E-state index is 5.72. The van der Waals surface area contributed by atoms with Crippen molar-refractivity contribution in [2.24, 2.45) is 11.8 Å². The SMILES string of the molecule is NNC(Cc1nc2ccccc2s1)CC1CCCC1. The molecule has 1 aromatic heterocycles. The third kappa shape index (κ3) is 3.14.